The molecular weight excluding hydrogens is 309 g/mol. The third-order valence-corrected chi connectivity index (χ3v) is 5.60. The molecule has 0 bridgehead atoms. The number of nitrogens with one attached hydrogen (secondary N) is 1. The first-order valence-corrected chi connectivity index (χ1v) is 8.74. The first-order valence-electron chi connectivity index (χ1n) is 7.13. The van der Waals surface area contributed by atoms with Crippen molar-refractivity contribution < 1.29 is 17.6 Å². The van der Waals surface area contributed by atoms with Crippen LogP contribution in [0, 0.1) is 12.7 Å². The van der Waals surface area contributed by atoms with Crippen molar-refractivity contribution >= 4 is 21.7 Å². The number of sulfonamides is 1. The van der Waals surface area contributed by atoms with E-state index in [1.807, 2.05) is 0 Å². The van der Waals surface area contributed by atoms with Crippen LogP contribution in [0.3, 0.4) is 0 Å². The molecule has 0 unspecified atom stereocenters. The number of hydrogen-bond donors (Lipinski definition) is 1. The van der Waals surface area contributed by atoms with Crippen molar-refractivity contribution in [3.8, 4) is 0 Å². The molecule has 1 aliphatic heterocycles. The van der Waals surface area contributed by atoms with Crippen LogP contribution in [-0.2, 0) is 10.0 Å². The number of carbonyl (C=O) groups is 1. The average Bonchev–Trinajstić information content (AvgIpc) is 2.50. The van der Waals surface area contributed by atoms with E-state index in [2.05, 4.69) is 5.32 Å². The summed E-state index contributed by atoms with van der Waals surface area (Å²) in [4.78, 5) is 13.7. The first kappa shape index (κ1) is 16.7. The number of aryl methyl sites for hydroxylation is 1. The van der Waals surface area contributed by atoms with Crippen LogP contribution >= 0.6 is 0 Å². The second-order valence-electron chi connectivity index (χ2n) is 5.18. The lowest BCUT2D eigenvalue weighted by molar-refractivity contribution is 0.184. The third-order valence-electron chi connectivity index (χ3n) is 3.71. The van der Waals surface area contributed by atoms with Gasteiger partial charge in [0.25, 0.3) is 0 Å². The van der Waals surface area contributed by atoms with E-state index in [9.17, 15) is 17.6 Å². The van der Waals surface area contributed by atoms with E-state index >= 15 is 0 Å². The van der Waals surface area contributed by atoms with Gasteiger partial charge in [0.15, 0.2) is 0 Å². The standard InChI is InChI=1S/C14H20FN3O3S/c1-3-22(20,21)18-8-6-17(7-9-18)14(19)16-13-5-4-12(15)10-11(13)2/h4-5,10H,3,6-9H2,1-2H3,(H,16,19). The van der Waals surface area contributed by atoms with E-state index in [0.717, 1.165) is 0 Å². The van der Waals surface area contributed by atoms with Gasteiger partial charge in [0.2, 0.25) is 10.0 Å². The molecule has 2 amide bonds. The van der Waals surface area contributed by atoms with Crippen molar-refractivity contribution in [2.75, 3.05) is 37.2 Å². The minimum absolute atomic E-state index is 0.0635. The van der Waals surface area contributed by atoms with Gasteiger partial charge in [0.05, 0.1) is 5.75 Å². The Morgan fingerprint density at radius 2 is 1.91 bits per heavy atom. The van der Waals surface area contributed by atoms with Crippen molar-refractivity contribution in [1.82, 2.24) is 9.21 Å². The Kier molecular flexibility index (Phi) is 5.02. The van der Waals surface area contributed by atoms with Gasteiger partial charge in [-0.15, -0.1) is 0 Å². The van der Waals surface area contributed by atoms with Gasteiger partial charge in [0, 0.05) is 31.9 Å². The highest BCUT2D eigenvalue weighted by atomic mass is 32.2. The molecule has 0 radical (unpaired) electrons. The van der Waals surface area contributed by atoms with Gasteiger partial charge in [-0.2, -0.15) is 4.31 Å². The van der Waals surface area contributed by atoms with Gasteiger partial charge in [-0.3, -0.25) is 0 Å². The number of nitrogens with zero attached hydrogens (tertiary/aromatic N) is 2. The topological polar surface area (TPSA) is 69.7 Å². The van der Waals surface area contributed by atoms with Crippen molar-refractivity contribution in [3.63, 3.8) is 0 Å². The number of benzene rings is 1. The Morgan fingerprint density at radius 3 is 2.45 bits per heavy atom. The summed E-state index contributed by atoms with van der Waals surface area (Å²) in [5, 5.41) is 2.73. The molecule has 1 aromatic rings. The Bertz CT molecular complexity index is 655. The molecule has 1 aromatic carbocycles. The van der Waals surface area contributed by atoms with Gasteiger partial charge in [0.1, 0.15) is 5.82 Å². The highest BCUT2D eigenvalue weighted by Crippen LogP contribution is 2.17. The summed E-state index contributed by atoms with van der Waals surface area (Å²) in [7, 11) is -3.21. The fourth-order valence-corrected chi connectivity index (χ4v) is 3.40. The highest BCUT2D eigenvalue weighted by Gasteiger charge is 2.27. The van der Waals surface area contributed by atoms with E-state index < -0.39 is 10.0 Å². The lowest BCUT2D eigenvalue weighted by atomic mass is 10.2. The molecule has 0 spiro atoms. The van der Waals surface area contributed by atoms with Gasteiger partial charge in [-0.1, -0.05) is 0 Å². The molecule has 0 saturated carbocycles. The zero-order valence-electron chi connectivity index (χ0n) is 12.7. The van der Waals surface area contributed by atoms with E-state index in [1.165, 1.54) is 22.5 Å². The van der Waals surface area contributed by atoms with Crippen LogP contribution in [0.5, 0.6) is 0 Å². The molecule has 22 heavy (non-hydrogen) atoms. The van der Waals surface area contributed by atoms with E-state index in [4.69, 9.17) is 0 Å². The fraction of sp³-hybridized carbons (Fsp3) is 0.500. The molecule has 1 fully saturated rings. The van der Waals surface area contributed by atoms with E-state index in [1.54, 1.807) is 18.7 Å². The summed E-state index contributed by atoms with van der Waals surface area (Å²) in [6, 6.07) is 3.85. The van der Waals surface area contributed by atoms with Crippen molar-refractivity contribution in [2.45, 2.75) is 13.8 Å². The smallest absolute Gasteiger partial charge is 0.321 e. The Balaban J connectivity index is 1.95. The lowest BCUT2D eigenvalue weighted by Crippen LogP contribution is -2.51. The molecule has 1 heterocycles. The Hall–Kier alpha value is -1.67. The summed E-state index contributed by atoms with van der Waals surface area (Å²) < 4.78 is 38.0. The largest absolute Gasteiger partial charge is 0.322 e. The van der Waals surface area contributed by atoms with Gasteiger partial charge in [-0.25, -0.2) is 17.6 Å². The molecule has 2 rings (SSSR count). The van der Waals surface area contributed by atoms with Gasteiger partial charge >= 0.3 is 6.03 Å². The van der Waals surface area contributed by atoms with Crippen molar-refractivity contribution in [2.24, 2.45) is 0 Å². The molecule has 1 N–H and O–H groups in total. The number of piperazine rings is 1. The summed E-state index contributed by atoms with van der Waals surface area (Å²) in [6.07, 6.45) is 0. The first-order chi connectivity index (χ1) is 10.3. The minimum Gasteiger partial charge on any atom is -0.322 e. The molecule has 0 aliphatic carbocycles. The highest BCUT2D eigenvalue weighted by molar-refractivity contribution is 7.89. The summed E-state index contributed by atoms with van der Waals surface area (Å²) in [5.74, 6) is -0.289. The summed E-state index contributed by atoms with van der Waals surface area (Å²) in [5.41, 5.74) is 1.19. The normalized spacial score (nSPS) is 16.6. The summed E-state index contributed by atoms with van der Waals surface area (Å²) in [6.45, 7) is 4.59. The second-order valence-corrected chi connectivity index (χ2v) is 7.43. The summed E-state index contributed by atoms with van der Waals surface area (Å²) >= 11 is 0. The van der Waals surface area contributed by atoms with Crippen molar-refractivity contribution in [3.05, 3.63) is 29.6 Å². The number of carbonyl (C=O) groups excluding carboxylic acids is 1. The van der Waals surface area contributed by atoms with Gasteiger partial charge < -0.3 is 10.2 Å². The number of amides is 2. The molecule has 8 heteroatoms. The zero-order chi connectivity index (χ0) is 16.3. The fourth-order valence-electron chi connectivity index (χ4n) is 2.31. The molecule has 0 aromatic heterocycles. The van der Waals surface area contributed by atoms with Crippen molar-refractivity contribution in [1.29, 1.82) is 0 Å². The molecule has 1 saturated heterocycles. The van der Waals surface area contributed by atoms with Crippen LogP contribution in [-0.4, -0.2) is 55.6 Å². The van der Waals surface area contributed by atoms with Crippen LogP contribution in [0.25, 0.3) is 0 Å². The number of halogens is 1. The van der Waals surface area contributed by atoms with Crippen LogP contribution in [0.15, 0.2) is 18.2 Å². The number of anilines is 1. The Labute approximate surface area is 130 Å². The molecule has 122 valence electrons. The van der Waals surface area contributed by atoms with Crippen LogP contribution < -0.4 is 5.32 Å². The van der Waals surface area contributed by atoms with Crippen LogP contribution in [0.4, 0.5) is 14.9 Å². The number of rotatable bonds is 3. The number of hydrogen-bond acceptors (Lipinski definition) is 3. The zero-order valence-corrected chi connectivity index (χ0v) is 13.5. The molecule has 1 aliphatic rings. The molecule has 0 atom stereocenters. The number of urea groups is 1. The average molecular weight is 329 g/mol. The SMILES string of the molecule is CCS(=O)(=O)N1CCN(C(=O)Nc2ccc(F)cc2C)CC1. The maximum Gasteiger partial charge on any atom is 0.321 e. The minimum atomic E-state index is -3.21. The second kappa shape index (κ2) is 6.62. The molecule has 6 nitrogen and oxygen atoms in total. The van der Waals surface area contributed by atoms with Crippen LogP contribution in [0.1, 0.15) is 12.5 Å². The maximum absolute atomic E-state index is 13.0. The maximum atomic E-state index is 13.0. The monoisotopic (exact) mass is 329 g/mol. The quantitative estimate of drug-likeness (QED) is 0.916. The predicted molar refractivity (Wildman–Crippen MR) is 82.8 cm³/mol. The van der Waals surface area contributed by atoms with Crippen LogP contribution in [0.2, 0.25) is 0 Å². The van der Waals surface area contributed by atoms with E-state index in [-0.39, 0.29) is 17.6 Å². The van der Waals surface area contributed by atoms with Gasteiger partial charge in [-0.05, 0) is 37.6 Å². The lowest BCUT2D eigenvalue weighted by Gasteiger charge is -2.33. The van der Waals surface area contributed by atoms with E-state index in [0.29, 0.717) is 37.4 Å². The Morgan fingerprint density at radius 1 is 1.27 bits per heavy atom. The molecular formula is C14H20FN3O3S. The predicted octanol–water partition coefficient (Wildman–Crippen LogP) is 1.63. The third kappa shape index (κ3) is 3.75.